The fourth-order valence-corrected chi connectivity index (χ4v) is 6.44. The molecule has 3 N–H and O–H groups in total. The molecule has 0 fully saturated rings. The first kappa shape index (κ1) is 42.7. The first-order valence-electron chi connectivity index (χ1n) is 19.8. The van der Waals surface area contributed by atoms with Gasteiger partial charge < -0.3 is 20.4 Å². The Morgan fingerprint density at radius 3 is 1.58 bits per heavy atom. The molecule has 13 nitrogen and oxygen atoms in total. The minimum atomic E-state index is -0.0273. The van der Waals surface area contributed by atoms with Crippen molar-refractivity contribution >= 4 is 17.5 Å². The van der Waals surface area contributed by atoms with Crippen molar-refractivity contribution in [2.24, 2.45) is 0 Å². The zero-order chi connectivity index (χ0) is 37.2. The molecule has 0 spiro atoms. The van der Waals surface area contributed by atoms with Gasteiger partial charge in [-0.05, 0) is 90.6 Å². The lowest BCUT2D eigenvalue weighted by molar-refractivity contribution is -0.729. The van der Waals surface area contributed by atoms with E-state index in [0.717, 1.165) is 110 Å². The third kappa shape index (κ3) is 18.7. The molecule has 3 rings (SSSR count). The van der Waals surface area contributed by atoms with E-state index in [-0.39, 0.29) is 19.4 Å². The van der Waals surface area contributed by atoms with Crippen molar-refractivity contribution in [3.63, 3.8) is 0 Å². The van der Waals surface area contributed by atoms with Crippen LogP contribution in [0.25, 0.3) is 0 Å². The molecule has 3 aromatic heterocycles. The topological polar surface area (TPSA) is 133 Å². The normalized spacial score (nSPS) is 11.5. The number of aliphatic hydroxyl groups is 2. The van der Waals surface area contributed by atoms with Gasteiger partial charge in [0.2, 0.25) is 24.9 Å². The molecule has 290 valence electrons. The van der Waals surface area contributed by atoms with Crippen molar-refractivity contribution in [2.75, 3.05) is 26.2 Å². The summed E-state index contributed by atoms with van der Waals surface area (Å²) < 4.78 is 11.9. The summed E-state index contributed by atoms with van der Waals surface area (Å²) in [7, 11) is 0. The van der Waals surface area contributed by atoms with Crippen LogP contribution in [-0.4, -0.2) is 72.5 Å². The van der Waals surface area contributed by atoms with Gasteiger partial charge in [-0.25, -0.2) is 27.4 Å². The Bertz CT molecular complexity index is 1250. The van der Waals surface area contributed by atoms with Gasteiger partial charge in [-0.2, -0.15) is 0 Å². The largest absolute Gasteiger partial charge is 0.358 e. The highest BCUT2D eigenvalue weighted by molar-refractivity contribution is 5.78. The number of carbonyl (C=O) groups excluding carboxylic acids is 3. The summed E-state index contributed by atoms with van der Waals surface area (Å²) >= 11 is 0. The molecule has 13 heteroatoms. The molecule has 0 radical (unpaired) electrons. The molecular formula is C39H67N8O5+3. The van der Waals surface area contributed by atoms with Crippen LogP contribution in [0.1, 0.15) is 110 Å². The number of rotatable bonds is 32. The Balaban J connectivity index is 1.29. The number of unbranched alkanes of at least 4 members (excludes halogenated alkanes) is 6. The average molecular weight is 728 g/mol. The molecule has 1 amide bonds. The number of ketones is 2. The van der Waals surface area contributed by atoms with Gasteiger partial charge in [0.25, 0.3) is 0 Å². The fourth-order valence-electron chi connectivity index (χ4n) is 6.44. The molecule has 3 heterocycles. The molecule has 0 saturated heterocycles. The fraction of sp³-hybridized carbons (Fsp3) is 0.692. The zero-order valence-electron chi connectivity index (χ0n) is 31.8. The van der Waals surface area contributed by atoms with Crippen LogP contribution in [0.15, 0.2) is 56.2 Å². The summed E-state index contributed by atoms with van der Waals surface area (Å²) in [5, 5.41) is 21.4. The van der Waals surface area contributed by atoms with E-state index in [1.54, 1.807) is 9.13 Å². The number of nitrogens with zero attached hydrogens (tertiary/aromatic N) is 7. The summed E-state index contributed by atoms with van der Waals surface area (Å²) in [6.45, 7) is 8.61. The Labute approximate surface area is 310 Å². The van der Waals surface area contributed by atoms with Crippen LogP contribution in [0.3, 0.4) is 0 Å². The van der Waals surface area contributed by atoms with E-state index in [2.05, 4.69) is 49.6 Å². The second-order valence-corrected chi connectivity index (χ2v) is 14.0. The maximum Gasteiger partial charge on any atom is 0.245 e. The lowest BCUT2D eigenvalue weighted by atomic mass is 10.1. The van der Waals surface area contributed by atoms with Crippen molar-refractivity contribution < 1.29 is 38.3 Å². The molecule has 0 bridgehead atoms. The van der Waals surface area contributed by atoms with Crippen molar-refractivity contribution in [1.82, 2.24) is 23.9 Å². The van der Waals surface area contributed by atoms with Crippen LogP contribution in [0.4, 0.5) is 0 Å². The van der Waals surface area contributed by atoms with E-state index < -0.39 is 0 Å². The Hall–Kier alpha value is -3.68. The molecule has 52 heavy (non-hydrogen) atoms. The molecule has 0 aliphatic rings. The molecule has 0 aromatic carbocycles. The van der Waals surface area contributed by atoms with Gasteiger partial charge in [-0.15, -0.1) is 0 Å². The molecule has 0 aliphatic heterocycles. The van der Waals surface area contributed by atoms with Crippen LogP contribution in [0, 0.1) is 0 Å². The number of carbonyl (C=O) groups is 3. The summed E-state index contributed by atoms with van der Waals surface area (Å²) in [6.07, 6.45) is 30.8. The molecular weight excluding hydrogens is 660 g/mol. The lowest BCUT2D eigenvalue weighted by Crippen LogP contribution is -2.36. The minimum absolute atomic E-state index is 0.0225. The molecule has 0 unspecified atom stereocenters. The number of imidazole rings is 3. The number of hydrogen-bond donors (Lipinski definition) is 3. The first-order valence-corrected chi connectivity index (χ1v) is 19.8. The van der Waals surface area contributed by atoms with E-state index in [9.17, 15) is 24.6 Å². The highest BCUT2D eigenvalue weighted by atomic mass is 16.3. The van der Waals surface area contributed by atoms with Crippen LogP contribution >= 0.6 is 0 Å². The Morgan fingerprint density at radius 2 is 1.06 bits per heavy atom. The highest BCUT2D eigenvalue weighted by Gasteiger charge is 2.11. The van der Waals surface area contributed by atoms with Crippen LogP contribution < -0.4 is 19.0 Å². The third-order valence-corrected chi connectivity index (χ3v) is 9.60. The standard InChI is InChI=1S/C39H66N8O5/c1-2-41-26-27-43(32-41)20-9-3-6-14-37(50)16-12-23-42(24-13-17-38(51)15-7-4-10-21-44-28-30-46(33-44)35-48)25-19-40-39(52)18-8-5-11-22-45-29-31-47(34-45)36-49/h26-34,48-49H,2-25,35-36H2,1H3/q+2/p+1. The second kappa shape index (κ2) is 26.1. The number of aliphatic hydroxyl groups excluding tert-OH is 2. The van der Waals surface area contributed by atoms with Crippen molar-refractivity contribution in [3.8, 4) is 0 Å². The number of amides is 1. The van der Waals surface area contributed by atoms with E-state index >= 15 is 0 Å². The van der Waals surface area contributed by atoms with Crippen molar-refractivity contribution in [1.29, 1.82) is 0 Å². The average Bonchev–Trinajstić information content (AvgIpc) is 3.92. The quantitative estimate of drug-likeness (QED) is 0.0670. The summed E-state index contributed by atoms with van der Waals surface area (Å²) in [5.74, 6) is 0.685. The Morgan fingerprint density at radius 1 is 0.577 bits per heavy atom. The first-order chi connectivity index (χ1) is 25.4. The van der Waals surface area contributed by atoms with Crippen molar-refractivity contribution in [3.05, 3.63) is 56.2 Å². The minimum Gasteiger partial charge on any atom is -0.358 e. The van der Waals surface area contributed by atoms with E-state index in [1.165, 1.54) is 0 Å². The molecule has 0 saturated carbocycles. The zero-order valence-corrected chi connectivity index (χ0v) is 31.8. The van der Waals surface area contributed by atoms with Gasteiger partial charge in [0, 0.05) is 45.2 Å². The van der Waals surface area contributed by atoms with Gasteiger partial charge in [-0.1, -0.05) is 0 Å². The number of aryl methyl sites for hydroxylation is 4. The number of Topliss-reactive ketones (excluding diaryl/α,β-unsaturated/α-hetero) is 2. The van der Waals surface area contributed by atoms with E-state index in [0.29, 0.717) is 56.8 Å². The van der Waals surface area contributed by atoms with Gasteiger partial charge in [0.1, 0.15) is 48.7 Å². The summed E-state index contributed by atoms with van der Waals surface area (Å²) in [5.41, 5.74) is 0. The SMILES string of the molecule is CCn1cc[n+](CCCCCC(=O)CCCN(CCCC(=O)CCCCCn2cc[n+](CO)c2)CCNC(=O)CCCCCn2cc[n+](CO)c2)c1. The van der Waals surface area contributed by atoms with Gasteiger partial charge in [-0.3, -0.25) is 14.4 Å². The monoisotopic (exact) mass is 728 g/mol. The molecule has 0 aliphatic carbocycles. The maximum atomic E-state index is 12.6. The van der Waals surface area contributed by atoms with Crippen molar-refractivity contribution in [2.45, 2.75) is 149 Å². The number of aromatic nitrogens is 6. The number of nitrogens with one attached hydrogen (secondary N) is 1. The van der Waals surface area contributed by atoms with E-state index in [1.807, 2.05) is 42.0 Å². The van der Waals surface area contributed by atoms with Gasteiger partial charge in [0.15, 0.2) is 13.5 Å². The predicted octanol–water partition coefficient (Wildman–Crippen LogP) is 3.07. The van der Waals surface area contributed by atoms with Gasteiger partial charge >= 0.3 is 0 Å². The summed E-state index contributed by atoms with van der Waals surface area (Å²) in [6, 6.07) is 0. The van der Waals surface area contributed by atoms with Crippen LogP contribution in [-0.2, 0) is 54.0 Å². The summed E-state index contributed by atoms with van der Waals surface area (Å²) in [4.78, 5) is 40.1. The third-order valence-electron chi connectivity index (χ3n) is 9.60. The second-order valence-electron chi connectivity index (χ2n) is 14.0. The van der Waals surface area contributed by atoms with E-state index in [4.69, 9.17) is 0 Å². The van der Waals surface area contributed by atoms with Crippen LogP contribution in [0.5, 0.6) is 0 Å². The smallest absolute Gasteiger partial charge is 0.245 e. The Kier molecular flexibility index (Phi) is 21.5. The number of hydrogen-bond acceptors (Lipinski definition) is 6. The maximum absolute atomic E-state index is 12.6. The highest BCUT2D eigenvalue weighted by Crippen LogP contribution is 2.09. The predicted molar refractivity (Wildman–Crippen MR) is 197 cm³/mol. The molecule has 3 aromatic rings. The molecule has 0 atom stereocenters. The van der Waals surface area contributed by atoms with Crippen LogP contribution in [0.2, 0.25) is 0 Å². The van der Waals surface area contributed by atoms with Gasteiger partial charge in [0.05, 0.1) is 26.2 Å². The lowest BCUT2D eigenvalue weighted by Gasteiger charge is -2.22.